The number of nitrogens with zero attached hydrogens (tertiary/aromatic N) is 2. The van der Waals surface area contributed by atoms with Crippen molar-refractivity contribution in [2.45, 2.75) is 25.5 Å². The van der Waals surface area contributed by atoms with Crippen LogP contribution in [0.4, 0.5) is 9.93 Å². The molecule has 4 rings (SSSR count). The fourth-order valence-electron chi connectivity index (χ4n) is 3.37. The molecule has 2 amide bonds. The van der Waals surface area contributed by atoms with Gasteiger partial charge in [0.2, 0.25) is 5.91 Å². The van der Waals surface area contributed by atoms with Gasteiger partial charge in [-0.2, -0.15) is 0 Å². The van der Waals surface area contributed by atoms with Gasteiger partial charge in [-0.1, -0.05) is 59.6 Å². The number of benzene rings is 2. The minimum absolute atomic E-state index is 0.171. The predicted molar refractivity (Wildman–Crippen MR) is 123 cm³/mol. The molecule has 0 saturated carbocycles. The molecule has 0 spiro atoms. The smallest absolute Gasteiger partial charge is 0.410 e. The lowest BCUT2D eigenvalue weighted by atomic mass is 10.2. The monoisotopic (exact) mass is 475 g/mol. The topological polar surface area (TPSA) is 71.5 Å². The Bertz CT molecular complexity index is 1090. The van der Waals surface area contributed by atoms with E-state index in [2.05, 4.69) is 10.3 Å². The number of carbonyl (C=O) groups excluding carboxylic acids is 2. The molecule has 6 nitrogen and oxygen atoms in total. The maximum Gasteiger partial charge on any atom is 0.410 e. The minimum atomic E-state index is -0.583. The largest absolute Gasteiger partial charge is 0.445 e. The van der Waals surface area contributed by atoms with Crippen LogP contribution in [0.2, 0.25) is 10.0 Å². The van der Waals surface area contributed by atoms with E-state index in [9.17, 15) is 9.59 Å². The molecule has 1 fully saturated rings. The van der Waals surface area contributed by atoms with Gasteiger partial charge in [0.15, 0.2) is 5.13 Å². The van der Waals surface area contributed by atoms with Crippen molar-refractivity contribution >= 4 is 51.7 Å². The average molecular weight is 476 g/mol. The molecule has 9 heteroatoms. The number of carbonyl (C=O) groups is 2. The van der Waals surface area contributed by atoms with Gasteiger partial charge in [0.1, 0.15) is 12.6 Å². The van der Waals surface area contributed by atoms with Crippen molar-refractivity contribution in [3.05, 3.63) is 69.5 Å². The number of rotatable bonds is 5. The molecule has 1 aromatic heterocycles. The van der Waals surface area contributed by atoms with E-state index in [1.165, 1.54) is 16.2 Å². The molecule has 1 N–H and O–H groups in total. The van der Waals surface area contributed by atoms with Gasteiger partial charge < -0.3 is 10.1 Å². The highest BCUT2D eigenvalue weighted by Crippen LogP contribution is 2.31. The van der Waals surface area contributed by atoms with Crippen LogP contribution < -0.4 is 5.32 Å². The molecule has 0 bridgehead atoms. The summed E-state index contributed by atoms with van der Waals surface area (Å²) in [6.07, 6.45) is 0.833. The number of aromatic nitrogens is 1. The number of hydrogen-bond acceptors (Lipinski definition) is 5. The maximum absolute atomic E-state index is 12.8. The third-order valence-corrected chi connectivity index (χ3v) is 6.44. The van der Waals surface area contributed by atoms with E-state index in [4.69, 9.17) is 27.9 Å². The molecule has 1 aliphatic rings. The molecule has 1 atom stereocenters. The van der Waals surface area contributed by atoms with Gasteiger partial charge in [0, 0.05) is 17.5 Å². The first-order valence-corrected chi connectivity index (χ1v) is 11.3. The van der Waals surface area contributed by atoms with Gasteiger partial charge in [-0.25, -0.2) is 9.78 Å². The van der Waals surface area contributed by atoms with Crippen LogP contribution in [0, 0.1) is 0 Å². The van der Waals surface area contributed by atoms with Crippen molar-refractivity contribution in [1.82, 2.24) is 9.88 Å². The van der Waals surface area contributed by atoms with Crippen molar-refractivity contribution in [2.24, 2.45) is 0 Å². The fourth-order valence-corrected chi connectivity index (χ4v) is 4.39. The summed E-state index contributed by atoms with van der Waals surface area (Å²) in [6, 6.07) is 14.1. The Morgan fingerprint density at radius 1 is 1.16 bits per heavy atom. The standard InChI is InChI=1S/C22H19Cl2N3O3S/c23-16-9-8-15(11-17(16)24)18-13-31-21(25-18)26-20(28)19-7-4-10-27(19)22(29)30-12-14-5-2-1-3-6-14/h1-3,5-6,8-9,11,13,19H,4,7,10,12H2,(H,25,26,28)/t19-/m0/s1. The Morgan fingerprint density at radius 3 is 2.74 bits per heavy atom. The second-order valence-corrected chi connectivity index (χ2v) is 8.72. The van der Waals surface area contributed by atoms with E-state index < -0.39 is 12.1 Å². The summed E-state index contributed by atoms with van der Waals surface area (Å²) < 4.78 is 5.40. The highest BCUT2D eigenvalue weighted by atomic mass is 35.5. The zero-order valence-electron chi connectivity index (χ0n) is 16.4. The quantitative estimate of drug-likeness (QED) is 0.501. The van der Waals surface area contributed by atoms with Crippen molar-refractivity contribution < 1.29 is 14.3 Å². The Balaban J connectivity index is 1.38. The van der Waals surface area contributed by atoms with Crippen LogP contribution in [0.1, 0.15) is 18.4 Å². The first-order chi connectivity index (χ1) is 15.0. The van der Waals surface area contributed by atoms with Crippen molar-refractivity contribution in [2.75, 3.05) is 11.9 Å². The van der Waals surface area contributed by atoms with E-state index >= 15 is 0 Å². The normalized spacial score (nSPS) is 15.7. The van der Waals surface area contributed by atoms with Crippen LogP contribution >= 0.6 is 34.5 Å². The molecule has 3 aromatic rings. The van der Waals surface area contributed by atoms with Crippen LogP contribution in [0.3, 0.4) is 0 Å². The summed E-state index contributed by atoms with van der Waals surface area (Å²) in [5.41, 5.74) is 2.39. The molecule has 1 saturated heterocycles. The van der Waals surface area contributed by atoms with Gasteiger partial charge in [0.05, 0.1) is 15.7 Å². The third kappa shape index (κ3) is 5.18. The number of amides is 2. The fraction of sp³-hybridized carbons (Fsp3) is 0.227. The zero-order chi connectivity index (χ0) is 21.8. The van der Waals surface area contributed by atoms with Crippen LogP contribution in [-0.2, 0) is 16.1 Å². The number of nitrogens with one attached hydrogen (secondary N) is 1. The first-order valence-electron chi connectivity index (χ1n) is 9.70. The second kappa shape index (κ2) is 9.68. The van der Waals surface area contributed by atoms with Gasteiger partial charge in [-0.15, -0.1) is 11.3 Å². The predicted octanol–water partition coefficient (Wildman–Crippen LogP) is 5.86. The number of hydrogen-bond donors (Lipinski definition) is 1. The Kier molecular flexibility index (Phi) is 6.75. The number of thiazole rings is 1. The van der Waals surface area contributed by atoms with Crippen molar-refractivity contribution in [3.8, 4) is 11.3 Å². The molecular formula is C22H19Cl2N3O3S. The molecule has 160 valence electrons. The van der Waals surface area contributed by atoms with Gasteiger partial charge in [0.25, 0.3) is 0 Å². The molecule has 1 aliphatic heterocycles. The molecular weight excluding hydrogens is 457 g/mol. The summed E-state index contributed by atoms with van der Waals surface area (Å²) in [7, 11) is 0. The lowest BCUT2D eigenvalue weighted by Crippen LogP contribution is -2.43. The molecule has 0 radical (unpaired) electrons. The molecule has 0 unspecified atom stereocenters. The van der Waals surface area contributed by atoms with Gasteiger partial charge >= 0.3 is 6.09 Å². The first kappa shape index (κ1) is 21.6. The van der Waals surface area contributed by atoms with E-state index in [1.807, 2.05) is 41.8 Å². The molecule has 0 aliphatic carbocycles. The third-order valence-electron chi connectivity index (χ3n) is 4.94. The lowest BCUT2D eigenvalue weighted by Gasteiger charge is -2.22. The maximum atomic E-state index is 12.8. The molecule has 2 heterocycles. The summed E-state index contributed by atoms with van der Waals surface area (Å²) in [6.45, 7) is 0.655. The number of anilines is 1. The summed E-state index contributed by atoms with van der Waals surface area (Å²) in [5.74, 6) is -0.274. The lowest BCUT2D eigenvalue weighted by molar-refractivity contribution is -0.120. The Morgan fingerprint density at radius 2 is 1.97 bits per heavy atom. The number of halogens is 2. The highest BCUT2D eigenvalue weighted by molar-refractivity contribution is 7.14. The Hall–Kier alpha value is -2.61. The zero-order valence-corrected chi connectivity index (χ0v) is 18.7. The van der Waals surface area contributed by atoms with E-state index in [-0.39, 0.29) is 12.5 Å². The number of likely N-dealkylation sites (tertiary alicyclic amines) is 1. The summed E-state index contributed by atoms with van der Waals surface area (Å²) in [4.78, 5) is 31.3. The van der Waals surface area contributed by atoms with Crippen molar-refractivity contribution in [1.29, 1.82) is 0 Å². The van der Waals surface area contributed by atoms with Crippen LogP contribution in [0.25, 0.3) is 11.3 Å². The highest BCUT2D eigenvalue weighted by Gasteiger charge is 2.35. The van der Waals surface area contributed by atoms with E-state index in [1.54, 1.807) is 12.1 Å². The van der Waals surface area contributed by atoms with Crippen LogP contribution in [0.15, 0.2) is 53.9 Å². The van der Waals surface area contributed by atoms with Crippen molar-refractivity contribution in [3.63, 3.8) is 0 Å². The summed E-state index contributed by atoms with van der Waals surface area (Å²) >= 11 is 13.3. The SMILES string of the molecule is O=C(Nc1nc(-c2ccc(Cl)c(Cl)c2)cs1)[C@@H]1CCCN1C(=O)OCc1ccccc1. The number of ether oxygens (including phenoxy) is 1. The molecule has 31 heavy (non-hydrogen) atoms. The van der Waals surface area contributed by atoms with Crippen LogP contribution in [-0.4, -0.2) is 34.5 Å². The minimum Gasteiger partial charge on any atom is -0.445 e. The van der Waals surface area contributed by atoms with Gasteiger partial charge in [-0.3, -0.25) is 9.69 Å². The molecule has 2 aromatic carbocycles. The summed E-state index contributed by atoms with van der Waals surface area (Å²) in [5, 5.41) is 6.01. The second-order valence-electron chi connectivity index (χ2n) is 7.05. The average Bonchev–Trinajstić information content (AvgIpc) is 3.45. The van der Waals surface area contributed by atoms with E-state index in [0.29, 0.717) is 33.8 Å². The Labute approximate surface area is 193 Å². The van der Waals surface area contributed by atoms with Gasteiger partial charge in [-0.05, 0) is 30.5 Å². The van der Waals surface area contributed by atoms with E-state index in [0.717, 1.165) is 17.5 Å². The van der Waals surface area contributed by atoms with Crippen LogP contribution in [0.5, 0.6) is 0 Å².